The lowest BCUT2D eigenvalue weighted by Gasteiger charge is -2.16. The van der Waals surface area contributed by atoms with Gasteiger partial charge in [0, 0.05) is 0 Å². The second-order valence-electron chi connectivity index (χ2n) is 6.32. The van der Waals surface area contributed by atoms with E-state index in [4.69, 9.17) is 9.47 Å². The zero-order chi connectivity index (χ0) is 25.0. The highest BCUT2D eigenvalue weighted by molar-refractivity contribution is 7.92. The average Bonchev–Trinajstić information content (AvgIpc) is 2.72. The number of benzene rings is 1. The number of methoxy groups -OCH3 is 3. The number of hydrogen-bond donors (Lipinski definition) is 3. The quantitative estimate of drug-likeness (QED) is 0.424. The first-order valence-electron chi connectivity index (χ1n) is 8.82. The second kappa shape index (κ2) is 9.86. The molecular weight excluding hydrogens is 482 g/mol. The van der Waals surface area contributed by atoms with E-state index in [9.17, 15) is 26.4 Å². The summed E-state index contributed by atoms with van der Waals surface area (Å²) < 4.78 is 67.6. The average molecular weight is 504 g/mol. The van der Waals surface area contributed by atoms with Crippen LogP contribution in [-0.4, -0.2) is 66.4 Å². The van der Waals surface area contributed by atoms with Crippen LogP contribution < -0.4 is 24.2 Å². The number of hydrogen-bond acceptors (Lipinski definition) is 11. The number of urea groups is 1. The van der Waals surface area contributed by atoms with Gasteiger partial charge < -0.3 is 14.2 Å². The summed E-state index contributed by atoms with van der Waals surface area (Å²) in [6.45, 7) is 1.25. The van der Waals surface area contributed by atoms with Crippen molar-refractivity contribution >= 4 is 43.7 Å². The fourth-order valence-corrected chi connectivity index (χ4v) is 4.56. The molecule has 0 atom stereocenters. The Morgan fingerprint density at radius 1 is 0.970 bits per heavy atom. The van der Waals surface area contributed by atoms with Crippen molar-refractivity contribution < 1.29 is 40.6 Å². The Kier molecular flexibility index (Phi) is 7.65. The molecule has 180 valence electrons. The molecule has 1 aromatic heterocycles. The molecule has 0 saturated carbocycles. The highest BCUT2D eigenvalue weighted by Gasteiger charge is 2.29. The van der Waals surface area contributed by atoms with Crippen LogP contribution in [0.15, 0.2) is 23.1 Å². The van der Waals surface area contributed by atoms with Crippen molar-refractivity contribution in [2.45, 2.75) is 11.8 Å². The third-order valence-corrected chi connectivity index (χ3v) is 6.03. The number of rotatable bonds is 8. The Balaban J connectivity index is 2.47. The molecule has 33 heavy (non-hydrogen) atoms. The van der Waals surface area contributed by atoms with Crippen molar-refractivity contribution in [3.8, 4) is 11.8 Å². The number of esters is 1. The summed E-state index contributed by atoms with van der Waals surface area (Å²) in [5.41, 5.74) is -0.691. The Bertz CT molecular complexity index is 1270. The number of amides is 2. The number of aromatic nitrogens is 2. The van der Waals surface area contributed by atoms with Crippen LogP contribution in [0.2, 0.25) is 0 Å². The minimum Gasteiger partial charge on any atom is -0.481 e. The second-order valence-corrected chi connectivity index (χ2v) is 9.68. The minimum atomic E-state index is -4.72. The van der Waals surface area contributed by atoms with Gasteiger partial charge in [-0.15, -0.1) is 0 Å². The summed E-state index contributed by atoms with van der Waals surface area (Å²) in [7, 11) is -4.85. The van der Waals surface area contributed by atoms with Gasteiger partial charge in [0.2, 0.25) is 27.7 Å². The Morgan fingerprint density at radius 3 is 2.03 bits per heavy atom. The van der Waals surface area contributed by atoms with Gasteiger partial charge in [0.15, 0.2) is 0 Å². The molecule has 16 heteroatoms. The van der Waals surface area contributed by atoms with Gasteiger partial charge in [-0.2, -0.15) is 9.97 Å². The highest BCUT2D eigenvalue weighted by atomic mass is 32.2. The predicted octanol–water partition coefficient (Wildman–Crippen LogP) is 0.471. The lowest BCUT2D eigenvalue weighted by atomic mass is 10.1. The zero-order valence-electron chi connectivity index (χ0n) is 18.1. The van der Waals surface area contributed by atoms with E-state index in [1.165, 1.54) is 33.3 Å². The van der Waals surface area contributed by atoms with E-state index >= 15 is 0 Å². The van der Waals surface area contributed by atoms with Crippen molar-refractivity contribution in [3.63, 3.8) is 0 Å². The van der Waals surface area contributed by atoms with Gasteiger partial charge in [-0.3, -0.25) is 10.0 Å². The molecule has 3 N–H and O–H groups in total. The first-order valence-corrected chi connectivity index (χ1v) is 12.2. The van der Waals surface area contributed by atoms with Crippen LogP contribution in [0, 0.1) is 6.92 Å². The standard InChI is InChI=1S/C17H21N5O9S2/c1-9-11(21-32(5,25)26)7-6-10(15(23)31-4)14(9)33(27,28)22-17(24)20-16-18-12(29-2)8-13(19-16)30-3/h6-8,21H,1-5H3,(H2,18,19,20,22,24). The summed E-state index contributed by atoms with van der Waals surface area (Å²) in [4.78, 5) is 31.6. The first kappa shape index (κ1) is 25.6. The smallest absolute Gasteiger partial charge is 0.339 e. The molecule has 2 amide bonds. The number of ether oxygens (including phenoxy) is 3. The summed E-state index contributed by atoms with van der Waals surface area (Å²) in [5.74, 6) is -1.30. The van der Waals surface area contributed by atoms with E-state index in [1.54, 1.807) is 4.72 Å². The molecule has 0 aliphatic heterocycles. The van der Waals surface area contributed by atoms with Gasteiger partial charge in [0.1, 0.15) is 4.90 Å². The Hall–Kier alpha value is -3.66. The maximum absolute atomic E-state index is 13.0. The van der Waals surface area contributed by atoms with Crippen LogP contribution >= 0.6 is 0 Å². The molecule has 0 bridgehead atoms. The number of nitrogens with one attached hydrogen (secondary N) is 3. The van der Waals surface area contributed by atoms with Crippen molar-refractivity contribution in [2.75, 3.05) is 37.6 Å². The largest absolute Gasteiger partial charge is 0.481 e. The number of anilines is 2. The minimum absolute atomic E-state index is 0.0309. The van der Waals surface area contributed by atoms with Gasteiger partial charge in [0.05, 0.1) is 44.9 Å². The predicted molar refractivity (Wildman–Crippen MR) is 115 cm³/mol. The molecule has 0 fully saturated rings. The van der Waals surface area contributed by atoms with Crippen molar-refractivity contribution in [1.82, 2.24) is 14.7 Å². The molecule has 0 aliphatic rings. The number of carbonyl (C=O) groups excluding carboxylic acids is 2. The van der Waals surface area contributed by atoms with Crippen molar-refractivity contribution in [3.05, 3.63) is 29.3 Å². The molecule has 2 rings (SSSR count). The van der Waals surface area contributed by atoms with Crippen LogP contribution in [0.4, 0.5) is 16.4 Å². The van der Waals surface area contributed by atoms with Gasteiger partial charge in [-0.05, 0) is 24.6 Å². The maximum atomic E-state index is 13.0. The van der Waals surface area contributed by atoms with Gasteiger partial charge in [-0.1, -0.05) is 0 Å². The highest BCUT2D eigenvalue weighted by Crippen LogP contribution is 2.28. The van der Waals surface area contributed by atoms with Crippen LogP contribution in [0.5, 0.6) is 11.8 Å². The molecule has 14 nitrogen and oxygen atoms in total. The van der Waals surface area contributed by atoms with Crippen LogP contribution in [-0.2, 0) is 24.8 Å². The summed E-state index contributed by atoms with van der Waals surface area (Å²) >= 11 is 0. The Morgan fingerprint density at radius 2 is 1.55 bits per heavy atom. The molecule has 0 spiro atoms. The number of carbonyl (C=O) groups is 2. The van der Waals surface area contributed by atoms with Crippen LogP contribution in [0.25, 0.3) is 0 Å². The molecule has 0 saturated heterocycles. The normalized spacial score (nSPS) is 11.3. The molecule has 1 aromatic carbocycles. The SMILES string of the molecule is COC(=O)c1ccc(NS(C)(=O)=O)c(C)c1S(=O)(=O)NC(=O)Nc1nc(OC)cc(OC)n1. The van der Waals surface area contributed by atoms with Gasteiger partial charge >= 0.3 is 12.0 Å². The lowest BCUT2D eigenvalue weighted by molar-refractivity contribution is 0.0596. The van der Waals surface area contributed by atoms with E-state index in [-0.39, 0.29) is 29.0 Å². The molecule has 0 aliphatic carbocycles. The summed E-state index contributed by atoms with van der Waals surface area (Å²) in [6.07, 6.45) is 0.864. The van der Waals surface area contributed by atoms with E-state index in [0.29, 0.717) is 0 Å². The third-order valence-electron chi connectivity index (χ3n) is 3.93. The number of nitrogens with zero attached hydrogens (tertiary/aromatic N) is 2. The number of sulfonamides is 2. The molecule has 0 unspecified atom stereocenters. The topological polar surface area (TPSA) is 192 Å². The molecule has 1 heterocycles. The monoisotopic (exact) mass is 503 g/mol. The maximum Gasteiger partial charge on any atom is 0.339 e. The van der Waals surface area contributed by atoms with Crippen LogP contribution in [0.1, 0.15) is 15.9 Å². The summed E-state index contributed by atoms with van der Waals surface area (Å²) in [6, 6.07) is 2.29. The third kappa shape index (κ3) is 6.42. The van der Waals surface area contributed by atoms with E-state index in [2.05, 4.69) is 24.7 Å². The fourth-order valence-electron chi connectivity index (χ4n) is 2.59. The molecule has 2 aromatic rings. The fraction of sp³-hybridized carbons (Fsp3) is 0.294. The van der Waals surface area contributed by atoms with Crippen LogP contribution in [0.3, 0.4) is 0 Å². The van der Waals surface area contributed by atoms with Crippen molar-refractivity contribution in [2.24, 2.45) is 0 Å². The molecule has 0 radical (unpaired) electrons. The lowest BCUT2D eigenvalue weighted by Crippen LogP contribution is -2.36. The first-order chi connectivity index (χ1) is 15.3. The van der Waals surface area contributed by atoms with E-state index in [0.717, 1.165) is 19.4 Å². The van der Waals surface area contributed by atoms with Crippen molar-refractivity contribution in [1.29, 1.82) is 0 Å². The van der Waals surface area contributed by atoms with Gasteiger partial charge in [0.25, 0.3) is 10.0 Å². The Labute approximate surface area is 189 Å². The summed E-state index contributed by atoms with van der Waals surface area (Å²) in [5, 5.41) is 2.11. The van der Waals surface area contributed by atoms with Gasteiger partial charge in [-0.25, -0.2) is 31.1 Å². The van der Waals surface area contributed by atoms with E-state index in [1.807, 2.05) is 0 Å². The van der Waals surface area contributed by atoms with E-state index < -0.39 is 42.5 Å². The zero-order valence-corrected chi connectivity index (χ0v) is 19.8. The molecular formula is C17H21N5O9S2.